The number of amides is 3. The Morgan fingerprint density at radius 2 is 1.69 bits per heavy atom. The van der Waals surface area contributed by atoms with E-state index >= 15 is 0 Å². The van der Waals surface area contributed by atoms with Gasteiger partial charge in [0.1, 0.15) is 23.3 Å². The molecule has 0 bridgehead atoms. The normalized spacial score (nSPS) is 18.2. The van der Waals surface area contributed by atoms with Crippen molar-refractivity contribution >= 4 is 17.7 Å². The van der Waals surface area contributed by atoms with Crippen LogP contribution in [-0.4, -0.2) is 71.1 Å². The lowest BCUT2D eigenvalue weighted by molar-refractivity contribution is -0.128. The molecule has 3 amide bonds. The molecule has 1 N–H and O–H groups in total. The van der Waals surface area contributed by atoms with Crippen molar-refractivity contribution in [2.75, 3.05) is 26.8 Å². The van der Waals surface area contributed by atoms with E-state index in [0.717, 1.165) is 5.56 Å². The van der Waals surface area contributed by atoms with Crippen molar-refractivity contribution in [2.45, 2.75) is 31.2 Å². The number of likely N-dealkylation sites (tertiary alicyclic amines) is 1. The van der Waals surface area contributed by atoms with Crippen molar-refractivity contribution in [1.29, 1.82) is 0 Å². The highest BCUT2D eigenvalue weighted by Gasteiger charge is 2.54. The van der Waals surface area contributed by atoms with E-state index < -0.39 is 23.5 Å². The molecule has 2 saturated heterocycles. The number of methoxy groups -OCH3 is 1. The quantitative estimate of drug-likeness (QED) is 0.524. The average molecular weight is 533 g/mol. The maximum Gasteiger partial charge on any atom is 0.256 e. The summed E-state index contributed by atoms with van der Waals surface area (Å²) in [5.74, 6) is -0.721. The Balaban J connectivity index is 1.34. The molecule has 2 fully saturated rings. The van der Waals surface area contributed by atoms with Gasteiger partial charge in [0.15, 0.2) is 0 Å². The number of carbonyl (C=O) groups is 3. The summed E-state index contributed by atoms with van der Waals surface area (Å²) in [6.07, 6.45) is 3.96. The van der Waals surface area contributed by atoms with Crippen LogP contribution in [0.2, 0.25) is 0 Å². The minimum Gasteiger partial charge on any atom is -0.497 e. The SMILES string of the molecule is COc1ccc(C(=O)N2CCC3(CC2)OCC(C(=O)NCc2cccnc2)N3C(=O)c2ccc(F)cc2)cc1. The number of nitrogens with one attached hydrogen (secondary N) is 1. The van der Waals surface area contributed by atoms with Gasteiger partial charge < -0.3 is 19.7 Å². The van der Waals surface area contributed by atoms with Crippen molar-refractivity contribution in [2.24, 2.45) is 0 Å². The van der Waals surface area contributed by atoms with Crippen molar-refractivity contribution in [3.05, 3.63) is 95.6 Å². The van der Waals surface area contributed by atoms with Crippen molar-refractivity contribution in [3.8, 4) is 5.75 Å². The number of hydrogen-bond donors (Lipinski definition) is 1. The first-order valence-corrected chi connectivity index (χ1v) is 12.7. The number of rotatable bonds is 6. The van der Waals surface area contributed by atoms with Crippen molar-refractivity contribution < 1.29 is 28.2 Å². The molecule has 2 aliphatic heterocycles. The third-order valence-corrected chi connectivity index (χ3v) is 7.23. The summed E-state index contributed by atoms with van der Waals surface area (Å²) in [5, 5.41) is 2.88. The van der Waals surface area contributed by atoms with Gasteiger partial charge in [-0.1, -0.05) is 6.07 Å². The van der Waals surface area contributed by atoms with Crippen LogP contribution in [0.1, 0.15) is 39.1 Å². The molecule has 0 aliphatic carbocycles. The Labute approximate surface area is 225 Å². The average Bonchev–Trinajstić information content (AvgIpc) is 3.35. The molecule has 0 saturated carbocycles. The van der Waals surface area contributed by atoms with E-state index in [1.807, 2.05) is 6.07 Å². The van der Waals surface area contributed by atoms with Crippen LogP contribution in [0, 0.1) is 5.82 Å². The van der Waals surface area contributed by atoms with Gasteiger partial charge in [-0.3, -0.25) is 24.3 Å². The monoisotopic (exact) mass is 532 g/mol. The molecule has 10 heteroatoms. The Kier molecular flexibility index (Phi) is 7.56. The van der Waals surface area contributed by atoms with E-state index in [9.17, 15) is 18.8 Å². The third kappa shape index (κ3) is 5.46. The summed E-state index contributed by atoms with van der Waals surface area (Å²) in [5.41, 5.74) is 0.536. The standard InChI is InChI=1S/C29H29FN4O5/c1-38-24-10-6-21(7-11-24)27(36)33-15-12-29(13-16-33)34(28(37)22-4-8-23(30)9-5-22)25(19-39-29)26(35)32-18-20-3-2-14-31-17-20/h2-11,14,17,25H,12-13,15-16,18-19H2,1H3,(H,32,35). The fourth-order valence-corrected chi connectivity index (χ4v) is 5.08. The lowest BCUT2D eigenvalue weighted by Crippen LogP contribution is -2.59. The molecule has 0 radical (unpaired) electrons. The summed E-state index contributed by atoms with van der Waals surface area (Å²) in [6.45, 7) is 0.932. The molecule has 2 aliphatic rings. The maximum atomic E-state index is 13.8. The van der Waals surface area contributed by atoms with Gasteiger partial charge in [0, 0.05) is 56.0 Å². The van der Waals surface area contributed by atoms with Gasteiger partial charge in [-0.25, -0.2) is 4.39 Å². The largest absolute Gasteiger partial charge is 0.497 e. The molecule has 202 valence electrons. The first kappa shape index (κ1) is 26.3. The molecule has 2 aromatic carbocycles. The summed E-state index contributed by atoms with van der Waals surface area (Å²) in [4.78, 5) is 47.5. The second-order valence-electron chi connectivity index (χ2n) is 9.55. The van der Waals surface area contributed by atoms with E-state index in [-0.39, 0.29) is 30.5 Å². The predicted molar refractivity (Wildman–Crippen MR) is 139 cm³/mol. The van der Waals surface area contributed by atoms with Gasteiger partial charge in [-0.05, 0) is 60.2 Å². The number of nitrogens with zero attached hydrogens (tertiary/aromatic N) is 3. The first-order valence-electron chi connectivity index (χ1n) is 12.7. The number of piperidine rings is 1. The van der Waals surface area contributed by atoms with Gasteiger partial charge in [0.05, 0.1) is 13.7 Å². The number of aromatic nitrogens is 1. The zero-order chi connectivity index (χ0) is 27.4. The summed E-state index contributed by atoms with van der Waals surface area (Å²) < 4.78 is 25.0. The molecule has 9 nitrogen and oxygen atoms in total. The highest BCUT2D eigenvalue weighted by molar-refractivity contribution is 5.98. The van der Waals surface area contributed by atoms with Crippen LogP contribution < -0.4 is 10.1 Å². The molecule has 1 aromatic heterocycles. The van der Waals surface area contributed by atoms with E-state index in [0.29, 0.717) is 37.2 Å². The summed E-state index contributed by atoms with van der Waals surface area (Å²) >= 11 is 0. The zero-order valence-corrected chi connectivity index (χ0v) is 21.5. The zero-order valence-electron chi connectivity index (χ0n) is 21.5. The molecule has 3 heterocycles. The van der Waals surface area contributed by atoms with Gasteiger partial charge in [-0.2, -0.15) is 0 Å². The predicted octanol–water partition coefficient (Wildman–Crippen LogP) is 3.02. The third-order valence-electron chi connectivity index (χ3n) is 7.23. The summed E-state index contributed by atoms with van der Waals surface area (Å²) in [7, 11) is 1.56. The first-order chi connectivity index (χ1) is 18.9. The van der Waals surface area contributed by atoms with Crippen molar-refractivity contribution in [1.82, 2.24) is 20.1 Å². The fourth-order valence-electron chi connectivity index (χ4n) is 5.08. The molecular formula is C29H29FN4O5. The number of hydrogen-bond acceptors (Lipinski definition) is 6. The summed E-state index contributed by atoms with van der Waals surface area (Å²) in [6, 6.07) is 14.9. The molecule has 1 unspecified atom stereocenters. The van der Waals surface area contributed by atoms with Crippen LogP contribution in [-0.2, 0) is 16.1 Å². The molecule has 5 rings (SSSR count). The number of halogens is 1. The number of benzene rings is 2. The van der Waals surface area contributed by atoms with E-state index in [1.54, 1.807) is 54.7 Å². The lowest BCUT2D eigenvalue weighted by atomic mass is 9.96. The van der Waals surface area contributed by atoms with Crippen LogP contribution in [0.3, 0.4) is 0 Å². The number of ether oxygens (including phenoxy) is 2. The highest BCUT2D eigenvalue weighted by Crippen LogP contribution is 2.39. The Hall–Kier alpha value is -4.31. The van der Waals surface area contributed by atoms with Crippen LogP contribution in [0.4, 0.5) is 4.39 Å². The van der Waals surface area contributed by atoms with E-state index in [1.165, 1.54) is 29.2 Å². The highest BCUT2D eigenvalue weighted by atomic mass is 19.1. The molecular weight excluding hydrogens is 503 g/mol. The van der Waals surface area contributed by atoms with E-state index in [2.05, 4.69) is 10.3 Å². The minimum absolute atomic E-state index is 0.0121. The molecule has 1 atom stereocenters. The fraction of sp³-hybridized carbons (Fsp3) is 0.310. The lowest BCUT2D eigenvalue weighted by Gasteiger charge is -2.44. The topological polar surface area (TPSA) is 101 Å². The van der Waals surface area contributed by atoms with Gasteiger partial charge in [-0.15, -0.1) is 0 Å². The van der Waals surface area contributed by atoms with Crippen LogP contribution in [0.5, 0.6) is 5.75 Å². The van der Waals surface area contributed by atoms with Crippen molar-refractivity contribution in [3.63, 3.8) is 0 Å². The Morgan fingerprint density at radius 1 is 1.03 bits per heavy atom. The number of carbonyl (C=O) groups excluding carboxylic acids is 3. The smallest absolute Gasteiger partial charge is 0.256 e. The van der Waals surface area contributed by atoms with Crippen LogP contribution in [0.15, 0.2) is 73.1 Å². The van der Waals surface area contributed by atoms with E-state index in [4.69, 9.17) is 9.47 Å². The van der Waals surface area contributed by atoms with Crippen LogP contribution >= 0.6 is 0 Å². The van der Waals surface area contributed by atoms with Crippen LogP contribution in [0.25, 0.3) is 0 Å². The minimum atomic E-state index is -1.07. The van der Waals surface area contributed by atoms with Gasteiger partial charge >= 0.3 is 0 Å². The molecule has 39 heavy (non-hydrogen) atoms. The second-order valence-corrected chi connectivity index (χ2v) is 9.55. The van der Waals surface area contributed by atoms with Gasteiger partial charge in [0.2, 0.25) is 5.91 Å². The Bertz CT molecular complexity index is 1330. The van der Waals surface area contributed by atoms with Gasteiger partial charge in [0.25, 0.3) is 11.8 Å². The second kappa shape index (κ2) is 11.2. The maximum absolute atomic E-state index is 13.8. The molecule has 3 aromatic rings. The number of pyridine rings is 1. The Morgan fingerprint density at radius 3 is 2.33 bits per heavy atom. The molecule has 1 spiro atoms.